The smallest absolute Gasteiger partial charge is 0.257 e. The molecule has 5 nitrogen and oxygen atoms in total. The van der Waals surface area contributed by atoms with Gasteiger partial charge in [0.25, 0.3) is 5.91 Å². The number of pyridine rings is 1. The van der Waals surface area contributed by atoms with Gasteiger partial charge in [-0.3, -0.25) is 14.6 Å². The second-order valence-electron chi connectivity index (χ2n) is 6.20. The van der Waals surface area contributed by atoms with Crippen LogP contribution in [-0.2, 0) is 11.2 Å². The minimum atomic E-state index is -0.221. The number of hydrogen-bond donors (Lipinski definition) is 1. The Morgan fingerprint density at radius 1 is 1.21 bits per heavy atom. The van der Waals surface area contributed by atoms with Crippen molar-refractivity contribution < 1.29 is 9.59 Å². The number of rotatable bonds is 3. The second-order valence-corrected chi connectivity index (χ2v) is 7.12. The van der Waals surface area contributed by atoms with Gasteiger partial charge in [0.05, 0.1) is 5.56 Å². The third kappa shape index (κ3) is 2.94. The molecule has 0 radical (unpaired) electrons. The number of nitrogens with one attached hydrogen (secondary N) is 1. The minimum Gasteiger partial charge on any atom is -0.322 e. The number of hydrogen-bond acceptors (Lipinski definition) is 3. The summed E-state index contributed by atoms with van der Waals surface area (Å²) in [5, 5.41) is 2.88. The van der Waals surface area contributed by atoms with Gasteiger partial charge in [0.15, 0.2) is 0 Å². The molecule has 0 spiro atoms. The molecule has 0 saturated heterocycles. The highest BCUT2D eigenvalue weighted by Crippen LogP contribution is 2.37. The molecule has 1 aromatic heterocycles. The molecular formula is C18H16BrN3O2. The predicted molar refractivity (Wildman–Crippen MR) is 95.1 cm³/mol. The van der Waals surface area contributed by atoms with Gasteiger partial charge < -0.3 is 10.2 Å². The van der Waals surface area contributed by atoms with Crippen molar-refractivity contribution >= 4 is 39.1 Å². The summed E-state index contributed by atoms with van der Waals surface area (Å²) in [6, 6.07) is 7.49. The number of nitrogens with zero attached hydrogens (tertiary/aromatic N) is 2. The van der Waals surface area contributed by atoms with Crippen molar-refractivity contribution in [3.63, 3.8) is 0 Å². The molecular weight excluding hydrogens is 370 g/mol. The van der Waals surface area contributed by atoms with Gasteiger partial charge in [0.2, 0.25) is 5.91 Å². The summed E-state index contributed by atoms with van der Waals surface area (Å²) < 4.78 is 0.755. The standard InChI is InChI=1S/C18H16BrN3O2/c19-14-7-13(9-20-10-14)17(23)21-15-4-3-11-5-6-22(16(11)8-15)18(24)12-1-2-12/h3-4,7-10,12H,1-2,5-6H2,(H,21,23). The Hall–Kier alpha value is -2.21. The summed E-state index contributed by atoms with van der Waals surface area (Å²) in [6.07, 6.45) is 6.02. The van der Waals surface area contributed by atoms with Crippen LogP contribution in [0.1, 0.15) is 28.8 Å². The molecule has 122 valence electrons. The highest BCUT2D eigenvalue weighted by molar-refractivity contribution is 9.10. The predicted octanol–water partition coefficient (Wildman–Crippen LogP) is 3.40. The molecule has 0 atom stereocenters. The molecule has 6 heteroatoms. The van der Waals surface area contributed by atoms with Gasteiger partial charge in [-0.15, -0.1) is 0 Å². The summed E-state index contributed by atoms with van der Waals surface area (Å²) in [4.78, 5) is 30.6. The van der Waals surface area contributed by atoms with Crippen LogP contribution in [0.25, 0.3) is 0 Å². The fourth-order valence-corrected chi connectivity index (χ4v) is 3.34. The molecule has 0 bridgehead atoms. The van der Waals surface area contributed by atoms with E-state index >= 15 is 0 Å². The van der Waals surface area contributed by atoms with Gasteiger partial charge in [0, 0.05) is 40.7 Å². The SMILES string of the molecule is O=C(Nc1ccc2c(c1)N(C(=O)C1CC1)CC2)c1cncc(Br)c1. The van der Waals surface area contributed by atoms with E-state index in [0.29, 0.717) is 11.3 Å². The number of aromatic nitrogens is 1. The molecule has 1 aromatic carbocycles. The molecule has 2 heterocycles. The van der Waals surface area contributed by atoms with E-state index in [1.165, 1.54) is 6.20 Å². The van der Waals surface area contributed by atoms with Crippen LogP contribution in [0.4, 0.5) is 11.4 Å². The highest BCUT2D eigenvalue weighted by atomic mass is 79.9. The number of amides is 2. The summed E-state index contributed by atoms with van der Waals surface area (Å²) in [5.74, 6) is 0.192. The first-order chi connectivity index (χ1) is 11.6. The van der Waals surface area contributed by atoms with Crippen LogP contribution in [-0.4, -0.2) is 23.3 Å². The zero-order valence-electron chi connectivity index (χ0n) is 13.0. The van der Waals surface area contributed by atoms with Gasteiger partial charge in [-0.05, 0) is 59.0 Å². The van der Waals surface area contributed by atoms with Crippen molar-refractivity contribution in [3.05, 3.63) is 52.3 Å². The first kappa shape index (κ1) is 15.3. The summed E-state index contributed by atoms with van der Waals surface area (Å²) >= 11 is 3.31. The average molecular weight is 386 g/mol. The third-order valence-corrected chi connectivity index (χ3v) is 4.83. The van der Waals surface area contributed by atoms with Crippen molar-refractivity contribution in [3.8, 4) is 0 Å². The number of carbonyl (C=O) groups is 2. The average Bonchev–Trinajstić information content (AvgIpc) is 3.34. The van der Waals surface area contributed by atoms with Crippen LogP contribution in [0.2, 0.25) is 0 Å². The van der Waals surface area contributed by atoms with Gasteiger partial charge in [-0.2, -0.15) is 0 Å². The van der Waals surface area contributed by atoms with E-state index in [9.17, 15) is 9.59 Å². The van der Waals surface area contributed by atoms with Crippen LogP contribution in [0.5, 0.6) is 0 Å². The molecule has 1 aliphatic heterocycles. The van der Waals surface area contributed by atoms with Crippen LogP contribution in [0.15, 0.2) is 41.1 Å². The molecule has 1 fully saturated rings. The summed E-state index contributed by atoms with van der Waals surface area (Å²) in [7, 11) is 0. The van der Waals surface area contributed by atoms with E-state index in [1.807, 2.05) is 23.1 Å². The van der Waals surface area contributed by atoms with Crippen molar-refractivity contribution in [1.82, 2.24) is 4.98 Å². The van der Waals surface area contributed by atoms with Gasteiger partial charge in [0.1, 0.15) is 0 Å². The third-order valence-electron chi connectivity index (χ3n) is 4.40. The Morgan fingerprint density at radius 2 is 2.04 bits per heavy atom. The second kappa shape index (κ2) is 6.02. The van der Waals surface area contributed by atoms with E-state index < -0.39 is 0 Å². The Labute approximate surface area is 148 Å². The fraction of sp³-hybridized carbons (Fsp3) is 0.278. The maximum absolute atomic E-state index is 12.4. The minimum absolute atomic E-state index is 0.196. The van der Waals surface area contributed by atoms with Crippen molar-refractivity contribution in [1.29, 1.82) is 0 Å². The monoisotopic (exact) mass is 385 g/mol. The molecule has 2 aliphatic rings. The number of benzene rings is 1. The van der Waals surface area contributed by atoms with Crippen molar-refractivity contribution in [2.45, 2.75) is 19.3 Å². The lowest BCUT2D eigenvalue weighted by molar-refractivity contribution is -0.119. The van der Waals surface area contributed by atoms with Gasteiger partial charge >= 0.3 is 0 Å². The first-order valence-electron chi connectivity index (χ1n) is 7.98. The fourth-order valence-electron chi connectivity index (χ4n) is 2.98. The van der Waals surface area contributed by atoms with E-state index in [2.05, 4.69) is 26.2 Å². The molecule has 24 heavy (non-hydrogen) atoms. The molecule has 1 N–H and O–H groups in total. The van der Waals surface area contributed by atoms with Crippen LogP contribution in [0, 0.1) is 5.92 Å². The van der Waals surface area contributed by atoms with Crippen LogP contribution >= 0.6 is 15.9 Å². The van der Waals surface area contributed by atoms with Crippen LogP contribution in [0.3, 0.4) is 0 Å². The molecule has 2 aromatic rings. The Kier molecular flexibility index (Phi) is 3.84. The number of halogens is 1. The van der Waals surface area contributed by atoms with Gasteiger partial charge in [-0.25, -0.2) is 0 Å². The zero-order valence-corrected chi connectivity index (χ0v) is 14.5. The lowest BCUT2D eigenvalue weighted by Crippen LogP contribution is -2.30. The van der Waals surface area contributed by atoms with Crippen molar-refractivity contribution in [2.75, 3.05) is 16.8 Å². The van der Waals surface area contributed by atoms with E-state index in [0.717, 1.165) is 41.5 Å². The van der Waals surface area contributed by atoms with Crippen molar-refractivity contribution in [2.24, 2.45) is 5.92 Å². The molecule has 4 rings (SSSR count). The quantitative estimate of drug-likeness (QED) is 0.880. The molecule has 0 unspecified atom stereocenters. The molecule has 1 saturated carbocycles. The van der Waals surface area contributed by atoms with Crippen LogP contribution < -0.4 is 10.2 Å². The topological polar surface area (TPSA) is 62.3 Å². The summed E-state index contributed by atoms with van der Waals surface area (Å²) in [6.45, 7) is 0.734. The first-order valence-corrected chi connectivity index (χ1v) is 8.77. The van der Waals surface area contributed by atoms with E-state index in [4.69, 9.17) is 0 Å². The van der Waals surface area contributed by atoms with E-state index in [-0.39, 0.29) is 17.7 Å². The Morgan fingerprint density at radius 3 is 2.79 bits per heavy atom. The Bertz CT molecular complexity index is 833. The largest absolute Gasteiger partial charge is 0.322 e. The zero-order chi connectivity index (χ0) is 16.7. The molecule has 1 aliphatic carbocycles. The maximum Gasteiger partial charge on any atom is 0.257 e. The lowest BCUT2D eigenvalue weighted by atomic mass is 10.1. The summed E-state index contributed by atoms with van der Waals surface area (Å²) in [5.41, 5.74) is 3.26. The lowest BCUT2D eigenvalue weighted by Gasteiger charge is -2.18. The molecule has 2 amide bonds. The number of anilines is 2. The maximum atomic E-state index is 12.4. The normalized spacial score (nSPS) is 16.0. The number of carbonyl (C=O) groups excluding carboxylic acids is 2. The Balaban J connectivity index is 1.56. The van der Waals surface area contributed by atoms with E-state index in [1.54, 1.807) is 12.3 Å². The number of fused-ring (bicyclic) bond motifs is 1. The highest BCUT2D eigenvalue weighted by Gasteiger charge is 2.36. The van der Waals surface area contributed by atoms with Gasteiger partial charge in [-0.1, -0.05) is 6.07 Å².